The van der Waals surface area contributed by atoms with Gasteiger partial charge >= 0.3 is 6.03 Å². The molecule has 0 unspecified atom stereocenters. The third kappa shape index (κ3) is 6.16. The third-order valence-corrected chi connectivity index (χ3v) is 4.61. The highest BCUT2D eigenvalue weighted by molar-refractivity contribution is 5.74. The first-order valence-electron chi connectivity index (χ1n) is 9.05. The highest BCUT2D eigenvalue weighted by Crippen LogP contribution is 2.28. The van der Waals surface area contributed by atoms with E-state index in [4.69, 9.17) is 0 Å². The van der Waals surface area contributed by atoms with Gasteiger partial charge in [-0.1, -0.05) is 30.3 Å². The molecule has 1 fully saturated rings. The van der Waals surface area contributed by atoms with Gasteiger partial charge in [0.1, 0.15) is 0 Å². The van der Waals surface area contributed by atoms with Crippen molar-refractivity contribution in [2.45, 2.75) is 83.5 Å². The second-order valence-electron chi connectivity index (χ2n) is 8.54. The van der Waals surface area contributed by atoms with Crippen molar-refractivity contribution >= 4 is 6.03 Å². The van der Waals surface area contributed by atoms with Gasteiger partial charge in [-0.2, -0.15) is 0 Å². The molecule has 0 spiro atoms. The zero-order chi connectivity index (χ0) is 17.8. The van der Waals surface area contributed by atoms with Gasteiger partial charge in [0.15, 0.2) is 0 Å². The molecule has 4 heteroatoms. The van der Waals surface area contributed by atoms with E-state index in [-0.39, 0.29) is 29.2 Å². The first-order valence-corrected chi connectivity index (χ1v) is 9.05. The molecule has 4 nitrogen and oxygen atoms in total. The van der Waals surface area contributed by atoms with E-state index < -0.39 is 0 Å². The molecule has 0 aromatic heterocycles. The molecular weight excluding hydrogens is 298 g/mol. The van der Waals surface area contributed by atoms with E-state index in [0.717, 1.165) is 25.7 Å². The van der Waals surface area contributed by atoms with E-state index in [9.17, 15) is 4.79 Å². The van der Waals surface area contributed by atoms with E-state index in [1.54, 1.807) is 0 Å². The van der Waals surface area contributed by atoms with Crippen molar-refractivity contribution in [3.8, 4) is 0 Å². The quantitative estimate of drug-likeness (QED) is 0.772. The summed E-state index contributed by atoms with van der Waals surface area (Å²) in [6.07, 6.45) is 3.82. The topological polar surface area (TPSA) is 53.2 Å². The molecule has 1 atom stereocenters. The van der Waals surface area contributed by atoms with Crippen LogP contribution in [-0.2, 0) is 6.42 Å². The molecule has 0 aliphatic carbocycles. The summed E-state index contributed by atoms with van der Waals surface area (Å²) in [4.78, 5) is 12.3. The summed E-state index contributed by atoms with van der Waals surface area (Å²) < 4.78 is 0. The Hall–Kier alpha value is -1.55. The second-order valence-corrected chi connectivity index (χ2v) is 8.54. The van der Waals surface area contributed by atoms with Gasteiger partial charge in [0.05, 0.1) is 0 Å². The average Bonchev–Trinajstić information content (AvgIpc) is 2.42. The Morgan fingerprint density at radius 1 is 1.17 bits per heavy atom. The molecule has 1 aliphatic heterocycles. The summed E-state index contributed by atoms with van der Waals surface area (Å²) in [5.74, 6) is 0. The summed E-state index contributed by atoms with van der Waals surface area (Å²) in [6, 6.07) is 10.7. The summed E-state index contributed by atoms with van der Waals surface area (Å²) >= 11 is 0. The Labute approximate surface area is 146 Å². The maximum Gasteiger partial charge on any atom is 0.315 e. The monoisotopic (exact) mass is 331 g/mol. The number of benzene rings is 1. The molecule has 2 amide bonds. The van der Waals surface area contributed by atoms with Crippen LogP contribution in [0.3, 0.4) is 0 Å². The number of hydrogen-bond acceptors (Lipinski definition) is 2. The second kappa shape index (κ2) is 7.56. The molecule has 1 saturated heterocycles. The molecule has 24 heavy (non-hydrogen) atoms. The smallest absolute Gasteiger partial charge is 0.315 e. The predicted molar refractivity (Wildman–Crippen MR) is 100 cm³/mol. The normalized spacial score (nSPS) is 21.0. The number of carbonyl (C=O) groups excluding carboxylic acids is 1. The van der Waals surface area contributed by atoms with Crippen molar-refractivity contribution in [2.24, 2.45) is 0 Å². The molecule has 1 heterocycles. The van der Waals surface area contributed by atoms with Gasteiger partial charge in [0.2, 0.25) is 0 Å². The number of aryl methyl sites for hydroxylation is 1. The number of amides is 2. The lowest BCUT2D eigenvalue weighted by Crippen LogP contribution is -2.63. The Balaban J connectivity index is 1.78. The fourth-order valence-corrected chi connectivity index (χ4v) is 3.98. The Kier molecular flexibility index (Phi) is 5.92. The average molecular weight is 332 g/mol. The van der Waals surface area contributed by atoms with Gasteiger partial charge in [-0.3, -0.25) is 0 Å². The van der Waals surface area contributed by atoms with E-state index >= 15 is 0 Å². The van der Waals surface area contributed by atoms with Gasteiger partial charge in [0.25, 0.3) is 0 Å². The van der Waals surface area contributed by atoms with Crippen LogP contribution in [0, 0.1) is 0 Å². The summed E-state index contributed by atoms with van der Waals surface area (Å²) in [5, 5.41) is 9.89. The predicted octanol–water partition coefficient (Wildman–Crippen LogP) is 3.62. The van der Waals surface area contributed by atoms with E-state index in [1.807, 2.05) is 6.07 Å². The minimum absolute atomic E-state index is 0.0403. The maximum absolute atomic E-state index is 12.3. The lowest BCUT2D eigenvalue weighted by molar-refractivity contribution is 0.147. The van der Waals surface area contributed by atoms with Gasteiger partial charge < -0.3 is 16.0 Å². The van der Waals surface area contributed by atoms with Crippen LogP contribution in [0.2, 0.25) is 0 Å². The molecule has 1 aliphatic rings. The number of rotatable bonds is 5. The van der Waals surface area contributed by atoms with Crippen LogP contribution in [0.25, 0.3) is 0 Å². The minimum atomic E-state index is -0.0472. The van der Waals surface area contributed by atoms with Crippen LogP contribution in [0.4, 0.5) is 4.79 Å². The zero-order valence-electron chi connectivity index (χ0n) is 15.8. The fourth-order valence-electron chi connectivity index (χ4n) is 3.98. The number of hydrogen-bond donors (Lipinski definition) is 3. The largest absolute Gasteiger partial charge is 0.336 e. The molecule has 134 valence electrons. The molecule has 0 bridgehead atoms. The fraction of sp³-hybridized carbons (Fsp3) is 0.650. The first kappa shape index (κ1) is 18.8. The molecule has 3 N–H and O–H groups in total. The van der Waals surface area contributed by atoms with Gasteiger partial charge in [-0.15, -0.1) is 0 Å². The lowest BCUT2D eigenvalue weighted by atomic mass is 9.80. The SMILES string of the molecule is C[C@@H](CCc1ccccc1)NC(=O)NC1CC(C)(C)NC(C)(C)C1. The van der Waals surface area contributed by atoms with Crippen molar-refractivity contribution in [3.63, 3.8) is 0 Å². The Morgan fingerprint density at radius 2 is 1.75 bits per heavy atom. The van der Waals surface area contributed by atoms with Gasteiger partial charge in [0, 0.05) is 23.2 Å². The van der Waals surface area contributed by atoms with Gasteiger partial charge in [-0.25, -0.2) is 4.79 Å². The number of carbonyl (C=O) groups is 1. The number of piperidine rings is 1. The highest BCUT2D eigenvalue weighted by atomic mass is 16.2. The van der Waals surface area contributed by atoms with Crippen LogP contribution in [0.1, 0.15) is 59.4 Å². The summed E-state index contributed by atoms with van der Waals surface area (Å²) in [7, 11) is 0. The van der Waals surface area contributed by atoms with Gasteiger partial charge in [-0.05, 0) is 65.9 Å². The van der Waals surface area contributed by atoms with Crippen LogP contribution in [0.15, 0.2) is 30.3 Å². The Morgan fingerprint density at radius 3 is 2.33 bits per heavy atom. The minimum Gasteiger partial charge on any atom is -0.336 e. The molecule has 2 rings (SSSR count). The first-order chi connectivity index (χ1) is 11.2. The zero-order valence-corrected chi connectivity index (χ0v) is 15.8. The molecular formula is C20H33N3O. The van der Waals surface area contributed by atoms with Crippen molar-refractivity contribution in [1.29, 1.82) is 0 Å². The molecule has 0 saturated carbocycles. The van der Waals surface area contributed by atoms with E-state index in [2.05, 4.69) is 74.8 Å². The van der Waals surface area contributed by atoms with Crippen molar-refractivity contribution in [3.05, 3.63) is 35.9 Å². The Bertz CT molecular complexity index is 523. The lowest BCUT2D eigenvalue weighted by Gasteiger charge is -2.46. The molecule has 1 aromatic carbocycles. The maximum atomic E-state index is 12.3. The summed E-state index contributed by atoms with van der Waals surface area (Å²) in [6.45, 7) is 10.9. The third-order valence-electron chi connectivity index (χ3n) is 4.61. The molecule has 1 aromatic rings. The van der Waals surface area contributed by atoms with Crippen LogP contribution >= 0.6 is 0 Å². The summed E-state index contributed by atoms with van der Waals surface area (Å²) in [5.41, 5.74) is 1.39. The number of nitrogens with one attached hydrogen (secondary N) is 3. The van der Waals surface area contributed by atoms with Crippen molar-refractivity contribution < 1.29 is 4.79 Å². The van der Waals surface area contributed by atoms with Crippen molar-refractivity contribution in [2.75, 3.05) is 0 Å². The van der Waals surface area contributed by atoms with Crippen LogP contribution < -0.4 is 16.0 Å². The van der Waals surface area contributed by atoms with Crippen LogP contribution in [0.5, 0.6) is 0 Å². The van der Waals surface area contributed by atoms with E-state index in [0.29, 0.717) is 0 Å². The van der Waals surface area contributed by atoms with Crippen molar-refractivity contribution in [1.82, 2.24) is 16.0 Å². The molecule has 0 radical (unpaired) electrons. The highest BCUT2D eigenvalue weighted by Gasteiger charge is 2.38. The van der Waals surface area contributed by atoms with Crippen LogP contribution in [-0.4, -0.2) is 29.2 Å². The standard InChI is InChI=1S/C20H33N3O/c1-15(11-12-16-9-7-6-8-10-16)21-18(24)22-17-13-19(2,3)23-20(4,5)14-17/h6-10,15,17,23H,11-14H2,1-5H3,(H2,21,22,24)/t15-/m0/s1. The number of urea groups is 1. The van der Waals surface area contributed by atoms with E-state index in [1.165, 1.54) is 5.56 Å².